The van der Waals surface area contributed by atoms with Gasteiger partial charge in [0.05, 0.1) is 31.0 Å². The van der Waals surface area contributed by atoms with Crippen LogP contribution in [0.25, 0.3) is 5.76 Å². The number of esters is 1. The molecule has 0 radical (unpaired) electrons. The molecule has 1 amide bonds. The largest absolute Gasteiger partial charge is 0.507 e. The average Bonchev–Trinajstić information content (AvgIpc) is 3.36. The summed E-state index contributed by atoms with van der Waals surface area (Å²) < 4.78 is 10.3. The van der Waals surface area contributed by atoms with Crippen LogP contribution >= 0.6 is 22.9 Å². The summed E-state index contributed by atoms with van der Waals surface area (Å²) in [5.74, 6) is -2.04. The zero-order valence-electron chi connectivity index (χ0n) is 20.0. The fraction of sp³-hybridized carbons (Fsp3) is 0.231. The van der Waals surface area contributed by atoms with Crippen LogP contribution in [0.4, 0.5) is 5.13 Å². The first kappa shape index (κ1) is 25.4. The highest BCUT2D eigenvalue weighted by Crippen LogP contribution is 2.44. The van der Waals surface area contributed by atoms with E-state index in [0.717, 1.165) is 11.3 Å². The molecule has 186 valence electrons. The zero-order valence-corrected chi connectivity index (χ0v) is 21.6. The van der Waals surface area contributed by atoms with Gasteiger partial charge in [-0.2, -0.15) is 0 Å². The minimum absolute atomic E-state index is 0.0962. The first-order valence-electron chi connectivity index (χ1n) is 11.0. The van der Waals surface area contributed by atoms with Crippen molar-refractivity contribution >= 4 is 51.5 Å². The van der Waals surface area contributed by atoms with Crippen molar-refractivity contribution in [1.82, 2.24) is 4.98 Å². The molecule has 1 fully saturated rings. The van der Waals surface area contributed by atoms with E-state index in [2.05, 4.69) is 4.98 Å². The van der Waals surface area contributed by atoms with Gasteiger partial charge >= 0.3 is 11.9 Å². The number of thiazole rings is 1. The third kappa shape index (κ3) is 4.47. The molecule has 0 spiro atoms. The van der Waals surface area contributed by atoms with Gasteiger partial charge in [0, 0.05) is 10.6 Å². The lowest BCUT2D eigenvalue weighted by Crippen LogP contribution is -2.29. The van der Waals surface area contributed by atoms with Crippen molar-refractivity contribution < 1.29 is 29.0 Å². The Morgan fingerprint density at radius 3 is 2.47 bits per heavy atom. The maximum Gasteiger partial charge on any atom is 0.350 e. The van der Waals surface area contributed by atoms with Crippen LogP contribution in [0, 0.1) is 13.8 Å². The standard InChI is InChI=1S/C26H23ClN2O6S/c1-5-35-25(33)23-14(3)28-26(36-23)29-20(15-6-8-16(27)9-7-15)19(22(31)24(29)32)21(30)18-11-10-17(34-4)12-13(18)2/h6-12,20,30H,5H2,1-4H3. The topological polar surface area (TPSA) is 106 Å². The molecule has 0 saturated carbocycles. The first-order valence-corrected chi connectivity index (χ1v) is 12.2. The predicted octanol–water partition coefficient (Wildman–Crippen LogP) is 5.22. The molecule has 1 aromatic heterocycles. The molecule has 3 aromatic rings. The van der Waals surface area contributed by atoms with Gasteiger partial charge in [-0.25, -0.2) is 9.78 Å². The molecule has 36 heavy (non-hydrogen) atoms. The lowest BCUT2D eigenvalue weighted by atomic mass is 9.94. The lowest BCUT2D eigenvalue weighted by molar-refractivity contribution is -0.132. The number of aryl methyl sites for hydroxylation is 2. The number of carbonyl (C=O) groups is 3. The molecule has 0 bridgehead atoms. The quantitative estimate of drug-likeness (QED) is 0.203. The van der Waals surface area contributed by atoms with E-state index < -0.39 is 23.7 Å². The fourth-order valence-corrected chi connectivity index (χ4v) is 5.15. The predicted molar refractivity (Wildman–Crippen MR) is 137 cm³/mol. The summed E-state index contributed by atoms with van der Waals surface area (Å²) in [6.07, 6.45) is 0. The Labute approximate surface area is 216 Å². The van der Waals surface area contributed by atoms with Gasteiger partial charge in [-0.3, -0.25) is 14.5 Å². The number of hydrogen-bond donors (Lipinski definition) is 1. The number of ether oxygens (including phenoxy) is 2. The summed E-state index contributed by atoms with van der Waals surface area (Å²) in [5.41, 5.74) is 1.85. The van der Waals surface area contributed by atoms with Crippen LogP contribution in [0.1, 0.15) is 45.0 Å². The van der Waals surface area contributed by atoms with Crippen LogP contribution in [0.3, 0.4) is 0 Å². The Hall–Kier alpha value is -3.69. The van der Waals surface area contributed by atoms with E-state index in [4.69, 9.17) is 21.1 Å². The third-order valence-corrected chi connectivity index (χ3v) is 7.16. The van der Waals surface area contributed by atoms with Crippen LogP contribution in [0.5, 0.6) is 5.75 Å². The van der Waals surface area contributed by atoms with E-state index >= 15 is 0 Å². The van der Waals surface area contributed by atoms with Crippen LogP contribution in [0.15, 0.2) is 48.0 Å². The minimum Gasteiger partial charge on any atom is -0.507 e. The van der Waals surface area contributed by atoms with Gasteiger partial charge in [-0.1, -0.05) is 35.1 Å². The molecule has 2 aromatic carbocycles. The molecule has 4 rings (SSSR count). The van der Waals surface area contributed by atoms with E-state index in [1.165, 1.54) is 12.0 Å². The van der Waals surface area contributed by atoms with E-state index in [9.17, 15) is 19.5 Å². The number of aromatic nitrogens is 1. The number of ketones is 1. The highest BCUT2D eigenvalue weighted by atomic mass is 35.5. The van der Waals surface area contributed by atoms with Gasteiger partial charge in [0.2, 0.25) is 0 Å². The molecule has 1 aliphatic heterocycles. The van der Waals surface area contributed by atoms with Gasteiger partial charge in [0.1, 0.15) is 16.4 Å². The van der Waals surface area contributed by atoms with Crippen LogP contribution in [0.2, 0.25) is 5.02 Å². The molecule has 1 saturated heterocycles. The van der Waals surface area contributed by atoms with Crippen LogP contribution in [-0.4, -0.2) is 41.5 Å². The van der Waals surface area contributed by atoms with Crippen molar-refractivity contribution in [3.8, 4) is 5.75 Å². The number of nitrogens with zero attached hydrogens (tertiary/aromatic N) is 2. The summed E-state index contributed by atoms with van der Waals surface area (Å²) in [5, 5.41) is 12.0. The lowest BCUT2D eigenvalue weighted by Gasteiger charge is -2.23. The number of carbonyl (C=O) groups excluding carboxylic acids is 3. The number of amides is 1. The van der Waals surface area contributed by atoms with E-state index in [0.29, 0.717) is 33.2 Å². The summed E-state index contributed by atoms with van der Waals surface area (Å²) in [4.78, 5) is 44.9. The third-order valence-electron chi connectivity index (χ3n) is 5.77. The number of hydrogen-bond acceptors (Lipinski definition) is 8. The number of rotatable bonds is 6. The van der Waals surface area contributed by atoms with E-state index in [1.807, 2.05) is 0 Å². The number of aliphatic hydroxyl groups is 1. The summed E-state index contributed by atoms with van der Waals surface area (Å²) in [6.45, 7) is 5.26. The highest BCUT2D eigenvalue weighted by molar-refractivity contribution is 7.17. The molecule has 8 nitrogen and oxygen atoms in total. The zero-order chi connectivity index (χ0) is 26.1. The summed E-state index contributed by atoms with van der Waals surface area (Å²) >= 11 is 7.03. The maximum atomic E-state index is 13.3. The minimum atomic E-state index is -0.996. The van der Waals surface area contributed by atoms with Gasteiger partial charge in [0.15, 0.2) is 5.13 Å². The van der Waals surface area contributed by atoms with Crippen molar-refractivity contribution in [2.24, 2.45) is 0 Å². The second-order valence-corrected chi connectivity index (χ2v) is 9.45. The Kier molecular flexibility index (Phi) is 7.14. The van der Waals surface area contributed by atoms with Gasteiger partial charge in [-0.15, -0.1) is 0 Å². The summed E-state index contributed by atoms with van der Waals surface area (Å²) in [7, 11) is 1.53. The van der Waals surface area contributed by atoms with Gasteiger partial charge < -0.3 is 14.6 Å². The van der Waals surface area contributed by atoms with Crippen molar-refractivity contribution in [3.63, 3.8) is 0 Å². The monoisotopic (exact) mass is 526 g/mol. The fourth-order valence-electron chi connectivity index (χ4n) is 4.04. The number of benzene rings is 2. The van der Waals surface area contributed by atoms with Crippen LogP contribution < -0.4 is 9.64 Å². The van der Waals surface area contributed by atoms with Gasteiger partial charge in [0.25, 0.3) is 5.78 Å². The normalized spacial score (nSPS) is 16.9. The van der Waals surface area contributed by atoms with Gasteiger partial charge in [-0.05, 0) is 62.2 Å². The molecule has 0 aliphatic carbocycles. The Morgan fingerprint density at radius 1 is 1.17 bits per heavy atom. The molecule has 2 heterocycles. The Bertz CT molecular complexity index is 1400. The molecule has 1 atom stereocenters. The second kappa shape index (κ2) is 10.1. The number of aliphatic hydroxyl groups excluding tert-OH is 1. The SMILES string of the molecule is CCOC(=O)c1sc(N2C(=O)C(=O)C(=C(O)c3ccc(OC)cc3C)C2c2ccc(Cl)cc2)nc1C. The number of halogens is 1. The first-order chi connectivity index (χ1) is 17.2. The van der Waals surface area contributed by atoms with E-state index in [-0.39, 0.29) is 27.9 Å². The van der Waals surface area contributed by atoms with Crippen molar-refractivity contribution in [2.75, 3.05) is 18.6 Å². The number of methoxy groups -OCH3 is 1. The molecule has 1 aliphatic rings. The molecular formula is C26H23ClN2O6S. The molecule has 10 heteroatoms. The molecular weight excluding hydrogens is 504 g/mol. The maximum absolute atomic E-state index is 13.3. The average molecular weight is 527 g/mol. The highest BCUT2D eigenvalue weighted by Gasteiger charge is 2.48. The molecule has 1 unspecified atom stereocenters. The van der Waals surface area contributed by atoms with Crippen LogP contribution in [-0.2, 0) is 14.3 Å². The summed E-state index contributed by atoms with van der Waals surface area (Å²) in [6, 6.07) is 10.6. The molecule has 1 N–H and O–H groups in total. The number of Topliss-reactive ketones (excluding diaryl/α,β-unsaturated/α-hetero) is 1. The number of anilines is 1. The van der Waals surface area contributed by atoms with E-state index in [1.54, 1.807) is 63.2 Å². The van der Waals surface area contributed by atoms with Crippen molar-refractivity contribution in [1.29, 1.82) is 0 Å². The van der Waals surface area contributed by atoms with Crippen molar-refractivity contribution in [3.05, 3.63) is 80.3 Å². The smallest absolute Gasteiger partial charge is 0.350 e. The Balaban J connectivity index is 1.92. The Morgan fingerprint density at radius 2 is 1.86 bits per heavy atom. The second-order valence-electron chi connectivity index (χ2n) is 8.03. The van der Waals surface area contributed by atoms with Crippen molar-refractivity contribution in [2.45, 2.75) is 26.8 Å².